The number of aryl methyl sites for hydroxylation is 1. The minimum absolute atomic E-state index is 0.230. The number of aromatic amines is 1. The van der Waals surface area contributed by atoms with Crippen LogP contribution in [0.5, 0.6) is 11.5 Å². The molecule has 2 aromatic heterocycles. The van der Waals surface area contributed by atoms with E-state index in [0.29, 0.717) is 5.52 Å². The molecule has 0 spiro atoms. The van der Waals surface area contributed by atoms with Crippen molar-refractivity contribution in [1.29, 1.82) is 5.41 Å². The molecule has 3 aromatic rings. The molecule has 2 saturated carbocycles. The maximum absolute atomic E-state index is 8.30. The summed E-state index contributed by atoms with van der Waals surface area (Å²) in [6.45, 7) is 3.50. The van der Waals surface area contributed by atoms with Crippen LogP contribution in [0.4, 0.5) is 0 Å². The lowest BCUT2D eigenvalue weighted by Gasteiger charge is -2.42. The molecule has 2 aliphatic carbocycles. The van der Waals surface area contributed by atoms with E-state index >= 15 is 0 Å². The second kappa shape index (κ2) is 9.22. The van der Waals surface area contributed by atoms with Gasteiger partial charge in [-0.15, -0.1) is 0 Å². The zero-order valence-electron chi connectivity index (χ0n) is 19.3. The van der Waals surface area contributed by atoms with Crippen LogP contribution in [-0.2, 0) is 6.54 Å². The van der Waals surface area contributed by atoms with Gasteiger partial charge in [-0.2, -0.15) is 0 Å². The number of hydrogen-bond acceptors (Lipinski definition) is 6. The Balaban J connectivity index is 1.19. The first-order valence-corrected chi connectivity index (χ1v) is 13.9. The summed E-state index contributed by atoms with van der Waals surface area (Å²) in [7, 11) is 0. The van der Waals surface area contributed by atoms with Crippen molar-refractivity contribution in [3.63, 3.8) is 0 Å². The molecule has 1 aliphatic heterocycles. The summed E-state index contributed by atoms with van der Waals surface area (Å²) < 4.78 is 14.0. The molecule has 2 unspecified atom stereocenters. The van der Waals surface area contributed by atoms with Crippen molar-refractivity contribution in [2.45, 2.75) is 68.5 Å². The van der Waals surface area contributed by atoms with Crippen LogP contribution in [-0.4, -0.2) is 26.3 Å². The van der Waals surface area contributed by atoms with Gasteiger partial charge in [0.2, 0.25) is 6.79 Å². The largest absolute Gasteiger partial charge is 0.454 e. The SMILES string of the molecule is CCC1CC2CC(CCn3cnc(=N)c4[nH]c(Sc5cc6c(cc5Br)OCO6)nc43)CC(C1)C2. The quantitative estimate of drug-likeness (QED) is 0.390. The normalized spacial score (nSPS) is 25.7. The lowest BCUT2D eigenvalue weighted by molar-refractivity contribution is 0.0899. The molecule has 0 amide bonds. The van der Waals surface area contributed by atoms with E-state index in [1.165, 1.54) is 50.3 Å². The molecule has 2 bridgehead atoms. The van der Waals surface area contributed by atoms with Gasteiger partial charge < -0.3 is 19.0 Å². The predicted molar refractivity (Wildman–Crippen MR) is 134 cm³/mol. The molecule has 180 valence electrons. The minimum Gasteiger partial charge on any atom is -0.454 e. The van der Waals surface area contributed by atoms with Gasteiger partial charge in [0, 0.05) is 15.9 Å². The van der Waals surface area contributed by atoms with Crippen LogP contribution in [0.3, 0.4) is 0 Å². The zero-order chi connectivity index (χ0) is 23.2. The molecule has 7 nitrogen and oxygen atoms in total. The molecular formula is C25H30BrN5O2S. The molecule has 0 radical (unpaired) electrons. The van der Waals surface area contributed by atoms with E-state index in [0.717, 1.165) is 68.3 Å². The molecule has 3 aliphatic rings. The highest BCUT2D eigenvalue weighted by atomic mass is 79.9. The van der Waals surface area contributed by atoms with Crippen molar-refractivity contribution in [1.82, 2.24) is 19.5 Å². The number of H-pyrrole nitrogens is 1. The highest BCUT2D eigenvalue weighted by Crippen LogP contribution is 2.47. The number of aromatic nitrogens is 4. The number of hydrogen-bond donors (Lipinski definition) is 2. The van der Waals surface area contributed by atoms with Crippen molar-refractivity contribution < 1.29 is 9.47 Å². The van der Waals surface area contributed by atoms with Crippen molar-refractivity contribution in [2.24, 2.45) is 23.7 Å². The number of ether oxygens (including phenoxy) is 2. The van der Waals surface area contributed by atoms with Gasteiger partial charge in [0.05, 0.1) is 6.33 Å². The van der Waals surface area contributed by atoms with Crippen LogP contribution in [0.15, 0.2) is 33.0 Å². The third-order valence-corrected chi connectivity index (χ3v) is 9.68. The van der Waals surface area contributed by atoms with Gasteiger partial charge in [-0.3, -0.25) is 5.41 Å². The third-order valence-electron chi connectivity index (χ3n) is 7.82. The van der Waals surface area contributed by atoms with Crippen LogP contribution in [0.1, 0.15) is 51.9 Å². The Bertz CT molecular complexity index is 1260. The summed E-state index contributed by atoms with van der Waals surface area (Å²) in [5, 5.41) is 9.03. The average molecular weight is 545 g/mol. The monoisotopic (exact) mass is 543 g/mol. The average Bonchev–Trinajstić information content (AvgIpc) is 3.45. The molecule has 0 saturated heterocycles. The van der Waals surface area contributed by atoms with E-state index in [-0.39, 0.29) is 12.3 Å². The van der Waals surface area contributed by atoms with Crippen LogP contribution >= 0.6 is 27.7 Å². The number of halogens is 1. The Labute approximate surface area is 211 Å². The molecule has 34 heavy (non-hydrogen) atoms. The maximum atomic E-state index is 8.30. The number of rotatable bonds is 6. The second-order valence-corrected chi connectivity index (χ2v) is 12.0. The first-order chi connectivity index (χ1) is 16.6. The van der Waals surface area contributed by atoms with E-state index < -0.39 is 0 Å². The summed E-state index contributed by atoms with van der Waals surface area (Å²) in [5.41, 5.74) is 1.72. The standard InChI is InChI=1S/C25H30BrN5O2S/c1-2-14-5-16-7-15(8-17(6-14)9-16)3-4-31-12-28-23(27)22-24(31)30-25(29-22)34-21-11-20-19(10-18(21)26)32-13-33-20/h10-12,14-17,27H,2-9,13H2,1H3,(H,29,30). The van der Waals surface area contributed by atoms with E-state index in [4.69, 9.17) is 19.9 Å². The first kappa shape index (κ1) is 22.5. The number of fused-ring (bicyclic) bond motifs is 4. The Morgan fingerprint density at radius 1 is 1.12 bits per heavy atom. The molecule has 1 aromatic carbocycles. The summed E-state index contributed by atoms with van der Waals surface area (Å²) in [5.74, 6) is 5.08. The van der Waals surface area contributed by atoms with Crippen LogP contribution in [0.25, 0.3) is 11.2 Å². The van der Waals surface area contributed by atoms with Crippen molar-refractivity contribution in [3.05, 3.63) is 28.4 Å². The topological polar surface area (TPSA) is 88.8 Å². The van der Waals surface area contributed by atoms with E-state index in [1.54, 1.807) is 6.33 Å². The highest BCUT2D eigenvalue weighted by Gasteiger charge is 2.35. The van der Waals surface area contributed by atoms with Crippen LogP contribution < -0.4 is 15.0 Å². The zero-order valence-corrected chi connectivity index (χ0v) is 21.8. The Morgan fingerprint density at radius 3 is 2.62 bits per heavy atom. The number of imidazole rings is 1. The first-order valence-electron chi connectivity index (χ1n) is 12.3. The van der Waals surface area contributed by atoms with E-state index in [9.17, 15) is 0 Å². The van der Waals surface area contributed by atoms with Crippen molar-refractivity contribution in [3.8, 4) is 11.5 Å². The maximum Gasteiger partial charge on any atom is 0.231 e. The summed E-state index contributed by atoms with van der Waals surface area (Å²) in [4.78, 5) is 13.5. The van der Waals surface area contributed by atoms with Gasteiger partial charge in [0.25, 0.3) is 0 Å². The van der Waals surface area contributed by atoms with Gasteiger partial charge in [0.1, 0.15) is 5.52 Å². The lowest BCUT2D eigenvalue weighted by atomic mass is 9.63. The fraction of sp³-hybridized carbons (Fsp3) is 0.560. The van der Waals surface area contributed by atoms with Crippen LogP contribution in [0.2, 0.25) is 0 Å². The number of nitrogens with one attached hydrogen (secondary N) is 2. The highest BCUT2D eigenvalue weighted by molar-refractivity contribution is 9.10. The van der Waals surface area contributed by atoms with Gasteiger partial charge in [-0.25, -0.2) is 9.97 Å². The lowest BCUT2D eigenvalue weighted by Crippen LogP contribution is -2.31. The summed E-state index contributed by atoms with van der Waals surface area (Å²) >= 11 is 5.13. The molecular weight excluding hydrogens is 514 g/mol. The molecule has 2 fully saturated rings. The molecule has 9 heteroatoms. The molecule has 3 heterocycles. The fourth-order valence-corrected chi connectivity index (χ4v) is 7.65. The minimum atomic E-state index is 0.230. The van der Waals surface area contributed by atoms with Crippen molar-refractivity contribution in [2.75, 3.05) is 6.79 Å². The van der Waals surface area contributed by atoms with E-state index in [2.05, 4.69) is 37.4 Å². The van der Waals surface area contributed by atoms with Crippen LogP contribution in [0, 0.1) is 29.1 Å². The van der Waals surface area contributed by atoms with Gasteiger partial charge >= 0.3 is 0 Å². The molecule has 2 N–H and O–H groups in total. The fourth-order valence-electron chi connectivity index (χ4n) is 6.27. The van der Waals surface area contributed by atoms with Gasteiger partial charge in [-0.05, 0) is 90.3 Å². The predicted octanol–water partition coefficient (Wildman–Crippen LogP) is 6.12. The summed E-state index contributed by atoms with van der Waals surface area (Å²) in [6, 6.07) is 3.88. The molecule has 2 atom stereocenters. The Kier molecular flexibility index (Phi) is 6.09. The van der Waals surface area contributed by atoms with Crippen molar-refractivity contribution >= 4 is 38.9 Å². The Morgan fingerprint density at radius 2 is 1.85 bits per heavy atom. The summed E-state index contributed by atoms with van der Waals surface area (Å²) in [6.07, 6.45) is 11.4. The second-order valence-electron chi connectivity index (χ2n) is 10.1. The smallest absolute Gasteiger partial charge is 0.231 e. The van der Waals surface area contributed by atoms with Gasteiger partial charge in [0.15, 0.2) is 27.8 Å². The van der Waals surface area contributed by atoms with Gasteiger partial charge in [-0.1, -0.05) is 25.1 Å². The molecule has 6 rings (SSSR count). The van der Waals surface area contributed by atoms with E-state index in [1.807, 2.05) is 12.1 Å². The number of nitrogens with zero attached hydrogens (tertiary/aromatic N) is 3. The number of benzene rings is 1. The third kappa shape index (κ3) is 4.37. The Hall–Kier alpha value is -2.00.